The monoisotopic (exact) mass is 245 g/mol. The van der Waals surface area contributed by atoms with Crippen LogP contribution in [0.2, 0.25) is 0 Å². The normalized spacial score (nSPS) is 10.1. The van der Waals surface area contributed by atoms with E-state index in [9.17, 15) is 4.39 Å². The van der Waals surface area contributed by atoms with Gasteiger partial charge in [0.15, 0.2) is 5.75 Å². The average molecular weight is 245 g/mol. The molecule has 18 heavy (non-hydrogen) atoms. The summed E-state index contributed by atoms with van der Waals surface area (Å²) in [6.07, 6.45) is 1.51. The number of rotatable bonds is 3. The topological polar surface area (TPSA) is 72.0 Å². The maximum absolute atomic E-state index is 13.4. The van der Waals surface area contributed by atoms with Crippen molar-refractivity contribution < 1.29 is 9.13 Å². The Morgan fingerprint density at radius 3 is 2.83 bits per heavy atom. The zero-order valence-corrected chi connectivity index (χ0v) is 9.77. The number of hydrogen-bond donors (Lipinski definition) is 2. The lowest BCUT2D eigenvalue weighted by Crippen LogP contribution is -2.14. The van der Waals surface area contributed by atoms with Crippen molar-refractivity contribution in [2.75, 3.05) is 0 Å². The first-order chi connectivity index (χ1) is 8.58. The van der Waals surface area contributed by atoms with E-state index in [0.717, 1.165) is 0 Å². The molecule has 0 spiro atoms. The number of pyridine rings is 1. The van der Waals surface area contributed by atoms with Crippen LogP contribution in [-0.4, -0.2) is 10.8 Å². The summed E-state index contributed by atoms with van der Waals surface area (Å²) in [5.74, 6) is 0.126. The molecule has 5 heteroatoms. The summed E-state index contributed by atoms with van der Waals surface area (Å²) < 4.78 is 18.9. The number of nitrogens with one attached hydrogen (secondary N) is 1. The van der Waals surface area contributed by atoms with E-state index < -0.39 is 0 Å². The third-order valence-corrected chi connectivity index (χ3v) is 2.40. The van der Waals surface area contributed by atoms with Gasteiger partial charge in [0.2, 0.25) is 0 Å². The van der Waals surface area contributed by atoms with E-state index in [2.05, 4.69) is 4.98 Å². The Labute approximate surface area is 104 Å². The molecule has 0 bridgehead atoms. The summed E-state index contributed by atoms with van der Waals surface area (Å²) in [7, 11) is 0. The van der Waals surface area contributed by atoms with Gasteiger partial charge in [0.25, 0.3) is 0 Å². The number of amidine groups is 1. The smallest absolute Gasteiger partial charge is 0.156 e. The van der Waals surface area contributed by atoms with E-state index in [-0.39, 0.29) is 17.3 Å². The quantitative estimate of drug-likeness (QED) is 0.645. The first-order valence-corrected chi connectivity index (χ1v) is 5.31. The SMILES string of the molecule is Cc1ccc(Oc2cccnc2C(=N)N)cc1F. The lowest BCUT2D eigenvalue weighted by Gasteiger charge is -2.09. The Morgan fingerprint density at radius 1 is 1.39 bits per heavy atom. The highest BCUT2D eigenvalue weighted by atomic mass is 19.1. The largest absolute Gasteiger partial charge is 0.455 e. The summed E-state index contributed by atoms with van der Waals surface area (Å²) in [5.41, 5.74) is 6.17. The van der Waals surface area contributed by atoms with Crippen LogP contribution >= 0.6 is 0 Å². The minimum Gasteiger partial charge on any atom is -0.455 e. The number of halogens is 1. The van der Waals surface area contributed by atoms with E-state index >= 15 is 0 Å². The van der Waals surface area contributed by atoms with Gasteiger partial charge in [-0.05, 0) is 30.7 Å². The third-order valence-electron chi connectivity index (χ3n) is 2.40. The van der Waals surface area contributed by atoms with Gasteiger partial charge in [-0.2, -0.15) is 0 Å². The number of aryl methyl sites for hydroxylation is 1. The molecule has 92 valence electrons. The second-order valence-corrected chi connectivity index (χ2v) is 3.78. The molecule has 3 N–H and O–H groups in total. The van der Waals surface area contributed by atoms with Crippen LogP contribution in [0.1, 0.15) is 11.3 Å². The van der Waals surface area contributed by atoms with Gasteiger partial charge in [-0.25, -0.2) is 9.37 Å². The van der Waals surface area contributed by atoms with E-state index in [1.54, 1.807) is 31.2 Å². The molecular formula is C13H12FN3O. The predicted molar refractivity (Wildman–Crippen MR) is 66.5 cm³/mol. The van der Waals surface area contributed by atoms with Crippen molar-refractivity contribution in [3.63, 3.8) is 0 Å². The van der Waals surface area contributed by atoms with Crippen LogP contribution in [0.25, 0.3) is 0 Å². The molecule has 0 aliphatic rings. The van der Waals surface area contributed by atoms with Gasteiger partial charge in [0.1, 0.15) is 23.1 Å². The van der Waals surface area contributed by atoms with Crippen LogP contribution in [0.15, 0.2) is 36.5 Å². The molecule has 0 aliphatic heterocycles. The molecule has 0 fully saturated rings. The molecule has 2 rings (SSSR count). The van der Waals surface area contributed by atoms with Crippen LogP contribution in [0.5, 0.6) is 11.5 Å². The first-order valence-electron chi connectivity index (χ1n) is 5.31. The zero-order valence-electron chi connectivity index (χ0n) is 9.77. The van der Waals surface area contributed by atoms with E-state index in [0.29, 0.717) is 17.1 Å². The van der Waals surface area contributed by atoms with Crippen LogP contribution in [0, 0.1) is 18.2 Å². The van der Waals surface area contributed by atoms with E-state index in [1.807, 2.05) is 0 Å². The number of nitrogen functional groups attached to an aromatic ring is 1. The highest BCUT2D eigenvalue weighted by Crippen LogP contribution is 2.25. The fraction of sp³-hybridized carbons (Fsp3) is 0.0769. The molecule has 0 aliphatic carbocycles. The molecule has 0 saturated carbocycles. The molecule has 2 aromatic rings. The van der Waals surface area contributed by atoms with Gasteiger partial charge in [-0.1, -0.05) is 6.07 Å². The fourth-order valence-electron chi connectivity index (χ4n) is 1.44. The molecule has 0 saturated heterocycles. The van der Waals surface area contributed by atoms with Crippen molar-refractivity contribution >= 4 is 5.84 Å². The summed E-state index contributed by atoms with van der Waals surface area (Å²) >= 11 is 0. The second kappa shape index (κ2) is 4.83. The molecule has 1 heterocycles. The molecule has 0 radical (unpaired) electrons. The lowest BCUT2D eigenvalue weighted by atomic mass is 10.2. The highest BCUT2D eigenvalue weighted by molar-refractivity contribution is 5.95. The number of nitrogens with zero attached hydrogens (tertiary/aromatic N) is 1. The summed E-state index contributed by atoms with van der Waals surface area (Å²) in [6, 6.07) is 7.84. The average Bonchev–Trinajstić information content (AvgIpc) is 2.34. The highest BCUT2D eigenvalue weighted by Gasteiger charge is 2.09. The van der Waals surface area contributed by atoms with Gasteiger partial charge in [0.05, 0.1) is 0 Å². The second-order valence-electron chi connectivity index (χ2n) is 3.78. The number of aromatic nitrogens is 1. The van der Waals surface area contributed by atoms with Crippen LogP contribution in [0.4, 0.5) is 4.39 Å². The minimum atomic E-state index is -0.347. The third kappa shape index (κ3) is 2.45. The van der Waals surface area contributed by atoms with Crippen molar-refractivity contribution in [2.24, 2.45) is 5.73 Å². The Bertz CT molecular complexity index is 599. The van der Waals surface area contributed by atoms with Crippen molar-refractivity contribution in [1.29, 1.82) is 5.41 Å². The number of hydrogen-bond acceptors (Lipinski definition) is 3. The Balaban J connectivity index is 2.34. The van der Waals surface area contributed by atoms with Crippen molar-refractivity contribution in [3.05, 3.63) is 53.6 Å². The van der Waals surface area contributed by atoms with Gasteiger partial charge < -0.3 is 10.5 Å². The van der Waals surface area contributed by atoms with Crippen LogP contribution in [0.3, 0.4) is 0 Å². The maximum Gasteiger partial charge on any atom is 0.156 e. The standard InChI is InChI=1S/C13H12FN3O/c1-8-4-5-9(7-10(8)14)18-11-3-2-6-17-12(11)13(15)16/h2-7H,1H3,(H3,15,16). The molecule has 4 nitrogen and oxygen atoms in total. The lowest BCUT2D eigenvalue weighted by molar-refractivity contribution is 0.472. The van der Waals surface area contributed by atoms with Crippen molar-refractivity contribution in [2.45, 2.75) is 6.92 Å². The minimum absolute atomic E-state index is 0.196. The molecule has 0 unspecified atom stereocenters. The molecular weight excluding hydrogens is 233 g/mol. The zero-order chi connectivity index (χ0) is 13.1. The maximum atomic E-state index is 13.4. The summed E-state index contributed by atoms with van der Waals surface area (Å²) in [6.45, 7) is 1.67. The molecule has 1 aromatic carbocycles. The van der Waals surface area contributed by atoms with Crippen molar-refractivity contribution in [1.82, 2.24) is 4.98 Å². The van der Waals surface area contributed by atoms with Gasteiger partial charge >= 0.3 is 0 Å². The van der Waals surface area contributed by atoms with Crippen LogP contribution < -0.4 is 10.5 Å². The Kier molecular flexibility index (Phi) is 3.23. The summed E-state index contributed by atoms with van der Waals surface area (Å²) in [5, 5.41) is 7.38. The van der Waals surface area contributed by atoms with Crippen LogP contribution in [-0.2, 0) is 0 Å². The summed E-state index contributed by atoms with van der Waals surface area (Å²) in [4.78, 5) is 3.95. The number of benzene rings is 1. The Morgan fingerprint density at radius 2 is 2.17 bits per heavy atom. The Hall–Kier alpha value is -2.43. The molecule has 1 aromatic heterocycles. The van der Waals surface area contributed by atoms with Gasteiger partial charge in [-0.3, -0.25) is 5.41 Å². The fourth-order valence-corrected chi connectivity index (χ4v) is 1.44. The molecule has 0 amide bonds. The number of ether oxygens (including phenoxy) is 1. The molecule has 0 atom stereocenters. The first kappa shape index (κ1) is 12.0. The van der Waals surface area contributed by atoms with E-state index in [4.69, 9.17) is 15.9 Å². The van der Waals surface area contributed by atoms with Gasteiger partial charge in [0, 0.05) is 12.3 Å². The predicted octanol–water partition coefficient (Wildman–Crippen LogP) is 2.61. The van der Waals surface area contributed by atoms with E-state index in [1.165, 1.54) is 12.3 Å². The van der Waals surface area contributed by atoms with Crippen molar-refractivity contribution in [3.8, 4) is 11.5 Å². The number of nitrogens with two attached hydrogens (primary N) is 1. The van der Waals surface area contributed by atoms with Gasteiger partial charge in [-0.15, -0.1) is 0 Å².